The minimum atomic E-state index is -1.52. The van der Waals surface area contributed by atoms with Crippen LogP contribution in [0.1, 0.15) is 100 Å². The van der Waals surface area contributed by atoms with E-state index < -0.39 is 95.5 Å². The van der Waals surface area contributed by atoms with Crippen LogP contribution in [-0.2, 0) is 42.7 Å². The number of aliphatic hydroxyl groups excluding tert-OH is 1. The summed E-state index contributed by atoms with van der Waals surface area (Å²) in [5.74, 6) is -5.60. The van der Waals surface area contributed by atoms with Crippen molar-refractivity contribution in [1.82, 2.24) is 0 Å². The molecule has 4 heterocycles. The molecule has 16 nitrogen and oxygen atoms in total. The molecular weight excluding hydrogens is 950 g/mol. The Balaban J connectivity index is 0.000000292. The molecule has 2 fully saturated rings. The fourth-order valence-electron chi connectivity index (χ4n) is 7.73. The van der Waals surface area contributed by atoms with E-state index in [1.54, 1.807) is 104 Å². The number of benzene rings is 2. The Morgan fingerprint density at radius 3 is 1.56 bits per heavy atom. The van der Waals surface area contributed by atoms with Crippen LogP contribution in [0.25, 0.3) is 12.2 Å². The third-order valence-electron chi connectivity index (χ3n) is 11.5. The van der Waals surface area contributed by atoms with Gasteiger partial charge in [-0.25, -0.2) is 18.4 Å². The standard InChI is InChI=1S/C25H33FO8.C25H31FO8.C2H7P/c2*1-14-10-18(26)22(27)23-19(33-25(3,4)34-23)9-7-8-16-11-17(30-6)12-20(31-13-29-5)21(16)24(28)32-15(14)2;1-3-2/h7-8,10-12,14-15,19,22-23,27H,9,13H2,1-6H3;7-8,10-12,14-15,19,23H,9,13H2,1-6H3;3H,1-2H3/b2*8-7+,18-10+;/t14-,15+,19+,22?,23?;14-,15+,19+,23?;/m11./s1. The number of carbonyl (C=O) groups is 3. The molecule has 0 bridgehead atoms. The van der Waals surface area contributed by atoms with Gasteiger partial charge < -0.3 is 61.9 Å². The average Bonchev–Trinajstić information content (AvgIpc) is 3.81. The lowest BCUT2D eigenvalue weighted by Gasteiger charge is -2.24. The number of hydrogen-bond donors (Lipinski definition) is 1. The third-order valence-corrected chi connectivity index (χ3v) is 11.5. The zero-order valence-electron chi connectivity index (χ0n) is 43.1. The van der Waals surface area contributed by atoms with Crippen LogP contribution in [-0.4, -0.2) is 132 Å². The number of cyclic esters (lactones) is 2. The van der Waals surface area contributed by atoms with Crippen molar-refractivity contribution in [3.63, 3.8) is 0 Å². The molecule has 0 saturated carbocycles. The Morgan fingerprint density at radius 1 is 0.662 bits per heavy atom. The lowest BCUT2D eigenvalue weighted by molar-refractivity contribution is -0.153. The molecule has 0 spiro atoms. The summed E-state index contributed by atoms with van der Waals surface area (Å²) in [4.78, 5) is 39.2. The van der Waals surface area contributed by atoms with Crippen LogP contribution in [0.2, 0.25) is 0 Å². The molecule has 0 aromatic heterocycles. The zero-order valence-corrected chi connectivity index (χ0v) is 44.1. The van der Waals surface area contributed by atoms with Crippen LogP contribution in [0.4, 0.5) is 8.78 Å². The molecule has 71 heavy (non-hydrogen) atoms. The van der Waals surface area contributed by atoms with E-state index in [1.165, 1.54) is 34.5 Å². The molecular formula is C52H71F2O16P. The number of ether oxygens (including phenoxy) is 12. The molecule has 3 unspecified atom stereocenters. The summed E-state index contributed by atoms with van der Waals surface area (Å²) in [6.07, 6.45) is 3.51. The topological polar surface area (TPSA) is 182 Å². The molecule has 6 rings (SSSR count). The van der Waals surface area contributed by atoms with E-state index in [9.17, 15) is 28.3 Å². The SMILES string of the molecule is COCOc1cc(OC)cc2c1C(=O)O[C@@H](C)[C@H](C)/C=C(/F)C(=O)C1OC(C)(C)O[C@H]1C/C=C/2.COCOc1cc(OC)cc2c1C(=O)O[C@@H](C)[C@H](C)/C=C(/F)C(O)C1OC(C)(C)O[C@H]1C/C=C/2.CPC. The van der Waals surface area contributed by atoms with Gasteiger partial charge in [0.05, 0.1) is 26.4 Å². The monoisotopic (exact) mass is 1020 g/mol. The van der Waals surface area contributed by atoms with Gasteiger partial charge in [0.1, 0.15) is 64.4 Å². The maximum absolute atomic E-state index is 15.0. The summed E-state index contributed by atoms with van der Waals surface area (Å²) in [7, 11) is 7.03. The van der Waals surface area contributed by atoms with Gasteiger partial charge in [-0.05, 0) is 103 Å². The fourth-order valence-corrected chi connectivity index (χ4v) is 7.73. The highest BCUT2D eigenvalue weighted by molar-refractivity contribution is 7.35. The highest BCUT2D eigenvalue weighted by Crippen LogP contribution is 2.38. The lowest BCUT2D eigenvalue weighted by Crippen LogP contribution is -2.36. The number of carbonyl (C=O) groups excluding carboxylic acids is 3. The lowest BCUT2D eigenvalue weighted by atomic mass is 9.98. The number of aliphatic hydroxyl groups is 1. The van der Waals surface area contributed by atoms with E-state index in [2.05, 4.69) is 13.3 Å². The summed E-state index contributed by atoms with van der Waals surface area (Å²) < 4.78 is 96.4. The van der Waals surface area contributed by atoms with E-state index in [1.807, 2.05) is 0 Å². The van der Waals surface area contributed by atoms with Crippen molar-refractivity contribution in [2.75, 3.05) is 55.4 Å². The first-order chi connectivity index (χ1) is 33.5. The van der Waals surface area contributed by atoms with Gasteiger partial charge in [-0.1, -0.05) is 38.2 Å². The first-order valence-electron chi connectivity index (χ1n) is 23.2. The Labute approximate surface area is 417 Å². The van der Waals surface area contributed by atoms with Crippen molar-refractivity contribution in [2.45, 2.75) is 123 Å². The molecule has 2 saturated heterocycles. The number of esters is 2. The van der Waals surface area contributed by atoms with E-state index >= 15 is 0 Å². The highest BCUT2D eigenvalue weighted by atomic mass is 31.1. The Morgan fingerprint density at radius 2 is 1.10 bits per heavy atom. The second kappa shape index (κ2) is 26.8. The molecule has 9 atom stereocenters. The molecule has 2 aromatic carbocycles. The molecule has 1 N–H and O–H groups in total. The van der Waals surface area contributed by atoms with Crippen molar-refractivity contribution in [3.8, 4) is 23.0 Å². The van der Waals surface area contributed by atoms with Crippen molar-refractivity contribution < 1.29 is 85.1 Å². The Kier molecular flexibility index (Phi) is 22.2. The summed E-state index contributed by atoms with van der Waals surface area (Å²) >= 11 is 0. The zero-order chi connectivity index (χ0) is 52.8. The largest absolute Gasteiger partial charge is 0.497 e. The predicted octanol–water partition coefficient (Wildman–Crippen LogP) is 9.15. The first kappa shape index (κ1) is 58.8. The normalized spacial score (nSPS) is 29.7. The maximum atomic E-state index is 15.0. The van der Waals surface area contributed by atoms with Gasteiger partial charge >= 0.3 is 11.9 Å². The molecule has 19 heteroatoms. The molecule has 0 aliphatic carbocycles. The van der Waals surface area contributed by atoms with Gasteiger partial charge in [0.25, 0.3) is 0 Å². The van der Waals surface area contributed by atoms with Crippen LogP contribution in [0.15, 0.2) is 60.2 Å². The summed E-state index contributed by atoms with van der Waals surface area (Å²) in [5.41, 5.74) is 1.35. The average molecular weight is 1020 g/mol. The van der Waals surface area contributed by atoms with Gasteiger partial charge in [-0.15, -0.1) is 8.58 Å². The van der Waals surface area contributed by atoms with E-state index in [-0.39, 0.29) is 42.6 Å². The fraction of sp³-hybridized carbons (Fsp3) is 0.558. The summed E-state index contributed by atoms with van der Waals surface area (Å²) in [5, 5.41) is 10.7. The van der Waals surface area contributed by atoms with Gasteiger partial charge in [0.15, 0.2) is 37.1 Å². The maximum Gasteiger partial charge on any atom is 0.342 e. The van der Waals surface area contributed by atoms with Crippen LogP contribution in [0.3, 0.4) is 0 Å². The molecule has 4 aliphatic heterocycles. The second-order valence-electron chi connectivity index (χ2n) is 18.1. The Bertz CT molecular complexity index is 2260. The number of methoxy groups -OCH3 is 4. The molecule has 2 aromatic rings. The highest BCUT2D eigenvalue weighted by Gasteiger charge is 2.47. The second-order valence-corrected chi connectivity index (χ2v) is 19.1. The van der Waals surface area contributed by atoms with E-state index in [0.717, 1.165) is 14.7 Å². The predicted molar refractivity (Wildman–Crippen MR) is 264 cm³/mol. The molecule has 394 valence electrons. The number of hydrogen-bond acceptors (Lipinski definition) is 16. The molecule has 0 radical (unpaired) electrons. The number of rotatable bonds is 8. The van der Waals surface area contributed by atoms with Gasteiger partial charge in [0.2, 0.25) is 5.78 Å². The number of ketones is 1. The van der Waals surface area contributed by atoms with E-state index in [0.29, 0.717) is 29.0 Å². The molecule has 4 aliphatic rings. The number of Topliss-reactive ketones (excluding diaryl/α,β-unsaturated/α-hetero) is 1. The minimum absolute atomic E-state index is 0.0849. The number of halogens is 2. The van der Waals surface area contributed by atoms with Crippen LogP contribution in [0, 0.1) is 11.8 Å². The van der Waals surface area contributed by atoms with Gasteiger partial charge in [-0.2, -0.15) is 0 Å². The van der Waals surface area contributed by atoms with Gasteiger partial charge in [0, 0.05) is 38.2 Å². The van der Waals surface area contributed by atoms with Crippen molar-refractivity contribution in [3.05, 3.63) is 82.5 Å². The van der Waals surface area contributed by atoms with Crippen molar-refractivity contribution in [2.24, 2.45) is 11.8 Å². The van der Waals surface area contributed by atoms with Crippen LogP contribution < -0.4 is 18.9 Å². The summed E-state index contributed by atoms with van der Waals surface area (Å²) in [6.45, 7) is 17.5. The Hall–Kier alpha value is -4.78. The van der Waals surface area contributed by atoms with Crippen LogP contribution >= 0.6 is 8.58 Å². The smallest absolute Gasteiger partial charge is 0.342 e. The number of fused-ring (bicyclic) bond motifs is 4. The first-order valence-corrected chi connectivity index (χ1v) is 25.2. The van der Waals surface area contributed by atoms with E-state index in [4.69, 9.17) is 56.8 Å². The van der Waals surface area contributed by atoms with Gasteiger partial charge in [-0.3, -0.25) is 4.79 Å². The minimum Gasteiger partial charge on any atom is -0.497 e. The molecule has 0 amide bonds. The van der Waals surface area contributed by atoms with Crippen molar-refractivity contribution in [1.29, 1.82) is 0 Å². The van der Waals surface area contributed by atoms with Crippen LogP contribution in [0.5, 0.6) is 23.0 Å². The quantitative estimate of drug-likeness (QED) is 0.150. The summed E-state index contributed by atoms with van der Waals surface area (Å²) in [6, 6.07) is 6.50. The third kappa shape index (κ3) is 16.1. The van der Waals surface area contributed by atoms with Crippen molar-refractivity contribution >= 4 is 38.5 Å².